The predicted molar refractivity (Wildman–Crippen MR) is 117 cm³/mol. The maximum Gasteiger partial charge on any atom is 0.224 e. The third-order valence-electron chi connectivity index (χ3n) is 4.75. The third kappa shape index (κ3) is 4.44. The van der Waals surface area contributed by atoms with Crippen LogP contribution in [0.5, 0.6) is 5.88 Å². The first-order chi connectivity index (χ1) is 14.6. The second kappa shape index (κ2) is 8.96. The summed E-state index contributed by atoms with van der Waals surface area (Å²) in [6.07, 6.45) is 6.20. The normalized spacial score (nSPS) is 11.9. The van der Waals surface area contributed by atoms with E-state index in [-0.39, 0.29) is 11.8 Å². The van der Waals surface area contributed by atoms with Crippen LogP contribution in [0.4, 0.5) is 5.95 Å². The molecule has 1 atom stereocenters. The number of rotatable bonds is 8. The molecule has 0 aliphatic rings. The van der Waals surface area contributed by atoms with E-state index in [4.69, 9.17) is 4.74 Å². The standard InChI is InChI=1S/C22H21N5O2S/c1-14(16-4-3-10-23-13-16)25-22-26-17-9-11-30-21(17)20(27-22)18(28)7-5-15-6-8-19(29-2)24-12-15/h3-4,6,8-14H,5,7H2,1-2H3,(H,25,26,27)/t14-/m0/s1. The zero-order chi connectivity index (χ0) is 20.9. The first kappa shape index (κ1) is 19.9. The molecular formula is C22H21N5O2S. The van der Waals surface area contributed by atoms with Crippen molar-refractivity contribution in [3.63, 3.8) is 0 Å². The number of Topliss-reactive ketones (excluding diaryl/α,β-unsaturated/α-hetero) is 1. The number of carbonyl (C=O) groups is 1. The van der Waals surface area contributed by atoms with Crippen molar-refractivity contribution < 1.29 is 9.53 Å². The predicted octanol–water partition coefficient (Wildman–Crippen LogP) is 4.48. The highest BCUT2D eigenvalue weighted by molar-refractivity contribution is 7.17. The van der Waals surface area contributed by atoms with E-state index in [1.54, 1.807) is 31.8 Å². The Balaban J connectivity index is 1.53. The van der Waals surface area contributed by atoms with Crippen molar-refractivity contribution in [1.82, 2.24) is 19.9 Å². The molecule has 0 bridgehead atoms. The summed E-state index contributed by atoms with van der Waals surface area (Å²) in [7, 11) is 1.58. The molecular weight excluding hydrogens is 398 g/mol. The van der Waals surface area contributed by atoms with Gasteiger partial charge in [0.05, 0.1) is 23.4 Å². The lowest BCUT2D eigenvalue weighted by atomic mass is 10.1. The summed E-state index contributed by atoms with van der Waals surface area (Å²) in [5.74, 6) is 0.976. The quantitative estimate of drug-likeness (QED) is 0.421. The Labute approximate surface area is 178 Å². The SMILES string of the molecule is COc1ccc(CCC(=O)c2nc(N[C@@H](C)c3cccnc3)nc3ccsc23)cn1. The number of pyridine rings is 2. The van der Waals surface area contributed by atoms with E-state index in [9.17, 15) is 4.79 Å². The minimum Gasteiger partial charge on any atom is -0.481 e. The average molecular weight is 420 g/mol. The second-order valence-electron chi connectivity index (χ2n) is 6.82. The molecule has 152 valence electrons. The van der Waals surface area contributed by atoms with Gasteiger partial charge in [0.1, 0.15) is 5.69 Å². The lowest BCUT2D eigenvalue weighted by molar-refractivity contribution is 0.0980. The number of fused-ring (bicyclic) bond motifs is 1. The number of hydrogen-bond acceptors (Lipinski definition) is 8. The first-order valence-electron chi connectivity index (χ1n) is 9.58. The lowest BCUT2D eigenvalue weighted by Crippen LogP contribution is -2.12. The van der Waals surface area contributed by atoms with Crippen molar-refractivity contribution in [3.8, 4) is 5.88 Å². The molecule has 7 nitrogen and oxygen atoms in total. The first-order valence-corrected chi connectivity index (χ1v) is 10.5. The fourth-order valence-electron chi connectivity index (χ4n) is 3.08. The molecule has 0 spiro atoms. The number of methoxy groups -OCH3 is 1. The summed E-state index contributed by atoms with van der Waals surface area (Å²) in [4.78, 5) is 30.5. The van der Waals surface area contributed by atoms with Gasteiger partial charge in [0.15, 0.2) is 5.78 Å². The van der Waals surface area contributed by atoms with Crippen molar-refractivity contribution in [1.29, 1.82) is 0 Å². The molecule has 0 amide bonds. The van der Waals surface area contributed by atoms with Crippen LogP contribution in [-0.2, 0) is 6.42 Å². The van der Waals surface area contributed by atoms with Gasteiger partial charge in [0.25, 0.3) is 0 Å². The van der Waals surface area contributed by atoms with Gasteiger partial charge in [-0.05, 0) is 42.0 Å². The van der Waals surface area contributed by atoms with Crippen molar-refractivity contribution in [2.24, 2.45) is 0 Å². The number of nitrogens with one attached hydrogen (secondary N) is 1. The highest BCUT2D eigenvalue weighted by Crippen LogP contribution is 2.26. The molecule has 0 radical (unpaired) electrons. The van der Waals surface area contributed by atoms with Crippen LogP contribution in [-0.4, -0.2) is 32.8 Å². The monoisotopic (exact) mass is 419 g/mol. The number of ether oxygens (including phenoxy) is 1. The van der Waals surface area contributed by atoms with Gasteiger partial charge in [-0.2, -0.15) is 0 Å². The summed E-state index contributed by atoms with van der Waals surface area (Å²) in [6.45, 7) is 2.01. The molecule has 4 heterocycles. The minimum atomic E-state index is -0.0388. The highest BCUT2D eigenvalue weighted by atomic mass is 32.1. The Morgan fingerprint density at radius 2 is 2.10 bits per heavy atom. The lowest BCUT2D eigenvalue weighted by Gasteiger charge is -2.14. The summed E-state index contributed by atoms with van der Waals surface area (Å²) in [5.41, 5.74) is 3.22. The van der Waals surface area contributed by atoms with Gasteiger partial charge in [-0.15, -0.1) is 11.3 Å². The maximum absolute atomic E-state index is 13.0. The van der Waals surface area contributed by atoms with E-state index < -0.39 is 0 Å². The zero-order valence-electron chi connectivity index (χ0n) is 16.7. The zero-order valence-corrected chi connectivity index (χ0v) is 17.5. The Bertz CT molecular complexity index is 1150. The molecule has 1 N–H and O–H groups in total. The van der Waals surface area contributed by atoms with Crippen molar-refractivity contribution in [2.45, 2.75) is 25.8 Å². The Morgan fingerprint density at radius 1 is 1.20 bits per heavy atom. The number of anilines is 1. The van der Waals surface area contributed by atoms with E-state index in [0.29, 0.717) is 30.4 Å². The van der Waals surface area contributed by atoms with Crippen molar-refractivity contribution >= 4 is 33.3 Å². The molecule has 4 rings (SSSR count). The Kier molecular flexibility index (Phi) is 5.94. The molecule has 30 heavy (non-hydrogen) atoms. The Hall–Kier alpha value is -3.39. The number of hydrogen-bond donors (Lipinski definition) is 1. The molecule has 0 fully saturated rings. The van der Waals surface area contributed by atoms with Crippen LogP contribution in [0.2, 0.25) is 0 Å². The number of aromatic nitrogens is 4. The largest absolute Gasteiger partial charge is 0.481 e. The van der Waals surface area contributed by atoms with Gasteiger partial charge in [-0.3, -0.25) is 9.78 Å². The highest BCUT2D eigenvalue weighted by Gasteiger charge is 2.17. The maximum atomic E-state index is 13.0. The van der Waals surface area contributed by atoms with Crippen LogP contribution in [0.15, 0.2) is 54.3 Å². The van der Waals surface area contributed by atoms with Crippen LogP contribution in [0, 0.1) is 0 Å². The third-order valence-corrected chi connectivity index (χ3v) is 5.66. The van der Waals surface area contributed by atoms with Gasteiger partial charge >= 0.3 is 0 Å². The molecule has 0 saturated carbocycles. The average Bonchev–Trinajstić information content (AvgIpc) is 3.26. The van der Waals surface area contributed by atoms with Gasteiger partial charge in [-0.25, -0.2) is 15.0 Å². The summed E-state index contributed by atoms with van der Waals surface area (Å²) >= 11 is 1.48. The molecule has 4 aromatic heterocycles. The molecule has 0 saturated heterocycles. The molecule has 4 aromatic rings. The van der Waals surface area contributed by atoms with Crippen molar-refractivity contribution in [3.05, 3.63) is 71.1 Å². The van der Waals surface area contributed by atoms with E-state index in [1.165, 1.54) is 11.3 Å². The van der Waals surface area contributed by atoms with E-state index in [2.05, 4.69) is 25.3 Å². The van der Waals surface area contributed by atoms with Crippen LogP contribution in [0.1, 0.15) is 41.0 Å². The number of carbonyl (C=O) groups excluding carboxylic acids is 1. The number of nitrogens with zero attached hydrogens (tertiary/aromatic N) is 4. The smallest absolute Gasteiger partial charge is 0.224 e. The van der Waals surface area contributed by atoms with E-state index in [1.807, 2.05) is 36.6 Å². The fourth-order valence-corrected chi connectivity index (χ4v) is 3.92. The Morgan fingerprint density at radius 3 is 2.83 bits per heavy atom. The van der Waals surface area contributed by atoms with Crippen LogP contribution >= 0.6 is 11.3 Å². The fraction of sp³-hybridized carbons (Fsp3) is 0.227. The molecule has 0 unspecified atom stereocenters. The number of thiophene rings is 1. The summed E-state index contributed by atoms with van der Waals surface area (Å²) in [6, 6.07) is 9.46. The summed E-state index contributed by atoms with van der Waals surface area (Å²) < 4.78 is 5.89. The molecule has 0 aliphatic heterocycles. The van der Waals surface area contributed by atoms with Gasteiger partial charge < -0.3 is 10.1 Å². The second-order valence-corrected chi connectivity index (χ2v) is 7.73. The summed E-state index contributed by atoms with van der Waals surface area (Å²) in [5, 5.41) is 5.22. The van der Waals surface area contributed by atoms with Gasteiger partial charge in [0.2, 0.25) is 11.8 Å². The van der Waals surface area contributed by atoms with Crippen LogP contribution < -0.4 is 10.1 Å². The molecule has 0 aliphatic carbocycles. The molecule has 8 heteroatoms. The number of aryl methyl sites for hydroxylation is 1. The van der Waals surface area contributed by atoms with Crippen LogP contribution in [0.3, 0.4) is 0 Å². The van der Waals surface area contributed by atoms with Gasteiger partial charge in [0, 0.05) is 31.1 Å². The minimum absolute atomic E-state index is 0.0160. The van der Waals surface area contributed by atoms with Gasteiger partial charge in [-0.1, -0.05) is 12.1 Å². The topological polar surface area (TPSA) is 89.9 Å². The number of ketones is 1. The van der Waals surface area contributed by atoms with E-state index in [0.717, 1.165) is 21.3 Å². The van der Waals surface area contributed by atoms with E-state index >= 15 is 0 Å². The van der Waals surface area contributed by atoms with Crippen LogP contribution in [0.25, 0.3) is 10.2 Å². The van der Waals surface area contributed by atoms with Crippen molar-refractivity contribution in [2.75, 3.05) is 12.4 Å². The molecule has 0 aromatic carbocycles.